The number of rotatable bonds is 8. The molecule has 1 unspecified atom stereocenters. The van der Waals surface area contributed by atoms with Crippen LogP contribution < -0.4 is 4.90 Å². The van der Waals surface area contributed by atoms with Crippen molar-refractivity contribution in [3.8, 4) is 11.1 Å². The van der Waals surface area contributed by atoms with E-state index in [1.54, 1.807) is 23.5 Å². The molecule has 2 saturated carbocycles. The average Bonchev–Trinajstić information content (AvgIpc) is 3.49. The van der Waals surface area contributed by atoms with Crippen molar-refractivity contribution in [3.05, 3.63) is 63.4 Å². The highest BCUT2D eigenvalue weighted by Crippen LogP contribution is 2.47. The molecular weight excluding hydrogens is 595 g/mol. The number of halogens is 2. The number of nitrogens with zero attached hydrogens (tertiary/aromatic N) is 4. The first kappa shape index (κ1) is 26.9. The number of ether oxygens (including phenoxy) is 2. The first-order chi connectivity index (χ1) is 20.4. The summed E-state index contributed by atoms with van der Waals surface area (Å²) in [5.41, 5.74) is 5.04. The molecular formula is C31H30Cl2N4O4S. The molecule has 2 aromatic carbocycles. The molecule has 2 aliphatic heterocycles. The number of fused-ring (bicyclic) bond motifs is 3. The van der Waals surface area contributed by atoms with Gasteiger partial charge in [-0.3, -0.25) is 4.68 Å². The molecule has 4 fully saturated rings. The third-order valence-electron chi connectivity index (χ3n) is 9.31. The van der Waals surface area contributed by atoms with Crippen LogP contribution in [0.3, 0.4) is 0 Å². The fourth-order valence-electron chi connectivity index (χ4n) is 7.04. The molecule has 0 spiro atoms. The largest absolute Gasteiger partial charge is 0.478 e. The minimum absolute atomic E-state index is 0.155. The van der Waals surface area contributed by atoms with E-state index in [1.807, 2.05) is 24.4 Å². The fraction of sp³-hybridized carbons (Fsp3) is 0.452. The number of benzene rings is 2. The first-order valence-electron chi connectivity index (χ1n) is 14.6. The van der Waals surface area contributed by atoms with Gasteiger partial charge in [-0.25, -0.2) is 9.78 Å². The quantitative estimate of drug-likeness (QED) is 0.222. The SMILES string of the molecule is O=C(O)c1cc(C2CCOC2)c2nc(N3C[C@@H]4C[C@H]3C[C@H]4OCc3c(-c4c(Cl)cccc4Cl)cnn3C3CC3)sc2c1. The van der Waals surface area contributed by atoms with Crippen molar-refractivity contribution in [2.24, 2.45) is 5.92 Å². The normalized spacial score (nSPS) is 25.2. The monoisotopic (exact) mass is 624 g/mol. The molecule has 218 valence electrons. The fourth-order valence-corrected chi connectivity index (χ4v) is 8.76. The number of anilines is 1. The number of piperidine rings is 1. The number of thiazole rings is 1. The summed E-state index contributed by atoms with van der Waals surface area (Å²) in [6.07, 6.45) is 7.17. The van der Waals surface area contributed by atoms with Crippen LogP contribution in [0.2, 0.25) is 10.0 Å². The molecule has 2 bridgehead atoms. The lowest BCUT2D eigenvalue weighted by Gasteiger charge is -2.31. The van der Waals surface area contributed by atoms with Crippen molar-refractivity contribution >= 4 is 55.9 Å². The standard InChI is InChI=1S/C31H30Cl2N4O4S/c32-23-2-1-3-24(33)28(23)22-12-34-37(19-4-5-19)25(22)15-41-26-11-20-8-18(26)13-36(20)31-35-29-21(16-6-7-40-14-16)9-17(30(38)39)10-27(29)42-31/h1-3,9-10,12,16,18-20,26H,4-8,11,13-15H2,(H,38,39)/t16?,18-,20-,26+/m0/s1. The van der Waals surface area contributed by atoms with Gasteiger partial charge in [0.1, 0.15) is 0 Å². The van der Waals surface area contributed by atoms with Crippen molar-refractivity contribution in [2.75, 3.05) is 24.7 Å². The van der Waals surface area contributed by atoms with Gasteiger partial charge in [-0.05, 0) is 61.9 Å². The molecule has 8 nitrogen and oxygen atoms in total. The summed E-state index contributed by atoms with van der Waals surface area (Å²) in [5, 5.41) is 16.7. The lowest BCUT2D eigenvalue weighted by molar-refractivity contribution is 0.00958. The Hall–Kier alpha value is -2.69. The average molecular weight is 626 g/mol. The van der Waals surface area contributed by atoms with E-state index in [9.17, 15) is 9.90 Å². The summed E-state index contributed by atoms with van der Waals surface area (Å²) in [4.78, 5) is 19.4. The Morgan fingerprint density at radius 2 is 1.98 bits per heavy atom. The van der Waals surface area contributed by atoms with Crippen LogP contribution in [0.5, 0.6) is 0 Å². The number of aromatic nitrogens is 3. The Morgan fingerprint density at radius 1 is 1.14 bits per heavy atom. The zero-order chi connectivity index (χ0) is 28.5. The second-order valence-corrected chi connectivity index (χ2v) is 13.8. The van der Waals surface area contributed by atoms with E-state index in [-0.39, 0.29) is 12.0 Å². The summed E-state index contributed by atoms with van der Waals surface area (Å²) >= 11 is 14.8. The molecule has 4 atom stereocenters. The zero-order valence-electron chi connectivity index (χ0n) is 22.8. The van der Waals surface area contributed by atoms with Gasteiger partial charge in [0.25, 0.3) is 0 Å². The number of carboxylic acids is 1. The van der Waals surface area contributed by atoms with Gasteiger partial charge in [-0.2, -0.15) is 5.10 Å². The zero-order valence-corrected chi connectivity index (χ0v) is 25.2. The van der Waals surface area contributed by atoms with Gasteiger partial charge in [0.05, 0.1) is 63.1 Å². The predicted octanol–water partition coefficient (Wildman–Crippen LogP) is 7.19. The molecule has 4 aliphatic rings. The summed E-state index contributed by atoms with van der Waals surface area (Å²) < 4.78 is 15.3. The minimum atomic E-state index is -0.907. The maximum Gasteiger partial charge on any atom is 0.335 e. The molecule has 0 radical (unpaired) electrons. The van der Waals surface area contributed by atoms with Crippen molar-refractivity contribution in [1.82, 2.24) is 14.8 Å². The van der Waals surface area contributed by atoms with Crippen LogP contribution >= 0.6 is 34.5 Å². The summed E-state index contributed by atoms with van der Waals surface area (Å²) in [6.45, 7) is 2.66. The molecule has 2 aromatic heterocycles. The van der Waals surface area contributed by atoms with E-state index < -0.39 is 5.97 Å². The molecule has 11 heteroatoms. The van der Waals surface area contributed by atoms with Gasteiger partial charge >= 0.3 is 5.97 Å². The van der Waals surface area contributed by atoms with Crippen molar-refractivity contribution in [1.29, 1.82) is 0 Å². The Kier molecular flexibility index (Phi) is 6.72. The minimum Gasteiger partial charge on any atom is -0.478 e. The lowest BCUT2D eigenvalue weighted by Crippen LogP contribution is -2.38. The van der Waals surface area contributed by atoms with Crippen LogP contribution in [0, 0.1) is 5.92 Å². The smallest absolute Gasteiger partial charge is 0.335 e. The van der Waals surface area contributed by atoms with Crippen LogP contribution in [0.25, 0.3) is 21.3 Å². The van der Waals surface area contributed by atoms with Gasteiger partial charge in [0.15, 0.2) is 5.13 Å². The number of hydrogen-bond donors (Lipinski definition) is 1. The van der Waals surface area contributed by atoms with E-state index >= 15 is 0 Å². The summed E-state index contributed by atoms with van der Waals surface area (Å²) in [7, 11) is 0. The predicted molar refractivity (Wildman–Crippen MR) is 163 cm³/mol. The highest BCUT2D eigenvalue weighted by molar-refractivity contribution is 7.22. The molecule has 4 aromatic rings. The van der Waals surface area contributed by atoms with E-state index in [2.05, 4.69) is 9.58 Å². The van der Waals surface area contributed by atoms with Crippen LogP contribution in [0.1, 0.15) is 65.7 Å². The summed E-state index contributed by atoms with van der Waals surface area (Å²) in [5.74, 6) is -0.316. The molecule has 2 saturated heterocycles. The molecule has 0 amide bonds. The number of hydrogen-bond acceptors (Lipinski definition) is 7. The molecule has 2 aliphatic carbocycles. The number of carbonyl (C=O) groups is 1. The van der Waals surface area contributed by atoms with Crippen molar-refractivity contribution in [2.45, 2.75) is 62.8 Å². The number of carboxylic acid groups (broad SMARTS) is 1. The molecule has 1 N–H and O–H groups in total. The van der Waals surface area contributed by atoms with Gasteiger partial charge in [0.2, 0.25) is 0 Å². The Labute approximate surface area is 257 Å². The van der Waals surface area contributed by atoms with E-state index in [0.717, 1.165) is 76.4 Å². The van der Waals surface area contributed by atoms with Crippen LogP contribution in [0.15, 0.2) is 36.5 Å². The summed E-state index contributed by atoms with van der Waals surface area (Å²) in [6, 6.07) is 9.91. The highest BCUT2D eigenvalue weighted by atomic mass is 35.5. The van der Waals surface area contributed by atoms with Crippen molar-refractivity contribution < 1.29 is 19.4 Å². The Balaban J connectivity index is 1.02. The topological polar surface area (TPSA) is 89.7 Å². The van der Waals surface area contributed by atoms with Gasteiger partial charge in [-0.1, -0.05) is 40.6 Å². The van der Waals surface area contributed by atoms with Gasteiger partial charge < -0.3 is 19.5 Å². The van der Waals surface area contributed by atoms with Crippen LogP contribution in [-0.4, -0.2) is 57.7 Å². The second kappa shape index (κ2) is 10.5. The van der Waals surface area contributed by atoms with E-state index in [4.69, 9.17) is 42.8 Å². The third kappa shape index (κ3) is 4.61. The first-order valence-corrected chi connectivity index (χ1v) is 16.2. The van der Waals surface area contributed by atoms with E-state index in [0.29, 0.717) is 53.4 Å². The third-order valence-corrected chi connectivity index (χ3v) is 11.0. The van der Waals surface area contributed by atoms with Crippen LogP contribution in [0.4, 0.5) is 5.13 Å². The van der Waals surface area contributed by atoms with Gasteiger partial charge in [-0.15, -0.1) is 0 Å². The molecule has 8 rings (SSSR count). The maximum absolute atomic E-state index is 11.9. The lowest BCUT2D eigenvalue weighted by atomic mass is 9.95. The second-order valence-electron chi connectivity index (χ2n) is 11.9. The van der Waals surface area contributed by atoms with Gasteiger partial charge in [0, 0.05) is 42.2 Å². The number of aromatic carboxylic acids is 1. The van der Waals surface area contributed by atoms with Crippen molar-refractivity contribution in [3.63, 3.8) is 0 Å². The maximum atomic E-state index is 11.9. The molecule has 4 heterocycles. The highest BCUT2D eigenvalue weighted by Gasteiger charge is 2.46. The molecule has 42 heavy (non-hydrogen) atoms. The Bertz CT molecular complexity index is 1680. The Morgan fingerprint density at radius 3 is 2.67 bits per heavy atom. The van der Waals surface area contributed by atoms with E-state index in [1.165, 1.54) is 0 Å². The van der Waals surface area contributed by atoms with Crippen LogP contribution in [-0.2, 0) is 16.1 Å².